The van der Waals surface area contributed by atoms with Gasteiger partial charge in [-0.05, 0) is 11.5 Å². The first-order valence-corrected chi connectivity index (χ1v) is 7.89. The summed E-state index contributed by atoms with van der Waals surface area (Å²) in [4.78, 5) is 0. The van der Waals surface area contributed by atoms with E-state index in [0.717, 1.165) is 6.54 Å². The molecule has 0 fully saturated rings. The maximum atomic E-state index is 9.75. The van der Waals surface area contributed by atoms with E-state index >= 15 is 0 Å². The van der Waals surface area contributed by atoms with E-state index in [0.29, 0.717) is 0 Å². The van der Waals surface area contributed by atoms with Crippen LogP contribution in [-0.4, -0.2) is 17.5 Å². The van der Waals surface area contributed by atoms with E-state index in [1.54, 1.807) is 0 Å². The lowest BCUT2D eigenvalue weighted by molar-refractivity contribution is -0.454. The molecule has 1 heterocycles. The second kappa shape index (κ2) is 6.71. The molecule has 0 amide bonds. The summed E-state index contributed by atoms with van der Waals surface area (Å²) in [5.74, 6) is 0. The van der Waals surface area contributed by atoms with Crippen LogP contribution in [0.4, 0.5) is 23.0 Å². The van der Waals surface area contributed by atoms with Crippen molar-refractivity contribution in [3.63, 3.8) is 0 Å². The van der Waals surface area contributed by atoms with Gasteiger partial charge < -0.3 is 17.3 Å². The Balaban J connectivity index is 0.000000324. The van der Waals surface area contributed by atoms with Crippen LogP contribution < -0.4 is 0 Å². The fraction of sp³-hybridized carbons (Fsp3) is 0.105. The van der Waals surface area contributed by atoms with Gasteiger partial charge in [-0.25, -0.2) is 0 Å². The molecule has 0 bridgehead atoms. The van der Waals surface area contributed by atoms with Crippen molar-refractivity contribution in [3.8, 4) is 0 Å². The van der Waals surface area contributed by atoms with Crippen molar-refractivity contribution in [3.05, 3.63) is 77.9 Å². The minimum atomic E-state index is -6.00. The Morgan fingerprint density at radius 3 is 2.04 bits per heavy atom. The molecule has 0 aromatic heterocycles. The van der Waals surface area contributed by atoms with Crippen molar-refractivity contribution in [1.82, 2.24) is 0 Å². The summed E-state index contributed by atoms with van der Waals surface area (Å²) < 4.78 is 41.4. The first-order chi connectivity index (χ1) is 11.8. The molecule has 0 unspecified atom stereocenters. The molecule has 0 saturated heterocycles. The number of hydrogen-bond donors (Lipinski definition) is 0. The molecule has 128 valence electrons. The normalized spacial score (nSPS) is 13.0. The first kappa shape index (κ1) is 17.2. The topological polar surface area (TPSA) is 3.01 Å². The zero-order valence-electron chi connectivity index (χ0n) is 13.6. The average Bonchev–Trinajstić information content (AvgIpc) is 2.83. The Bertz CT molecular complexity index is 922. The highest BCUT2D eigenvalue weighted by Crippen LogP contribution is 2.35. The molecule has 4 rings (SSSR count). The van der Waals surface area contributed by atoms with Gasteiger partial charge in [-0.15, -0.1) is 0 Å². The van der Waals surface area contributed by atoms with Crippen molar-refractivity contribution in [2.75, 3.05) is 0 Å². The van der Waals surface area contributed by atoms with Crippen LogP contribution in [0.1, 0.15) is 18.1 Å². The summed E-state index contributed by atoms with van der Waals surface area (Å²) in [7, 11) is -6.00. The van der Waals surface area contributed by atoms with Gasteiger partial charge in [0.25, 0.3) is 0 Å². The van der Waals surface area contributed by atoms with Crippen LogP contribution in [0.15, 0.2) is 66.7 Å². The third-order valence-electron chi connectivity index (χ3n) is 4.15. The van der Waals surface area contributed by atoms with E-state index in [1.807, 2.05) is 0 Å². The Labute approximate surface area is 143 Å². The molecule has 3 aromatic rings. The van der Waals surface area contributed by atoms with E-state index in [4.69, 9.17) is 0 Å². The molecule has 0 aliphatic carbocycles. The van der Waals surface area contributed by atoms with Crippen LogP contribution >= 0.6 is 0 Å². The van der Waals surface area contributed by atoms with Gasteiger partial charge >= 0.3 is 7.25 Å². The van der Waals surface area contributed by atoms with Gasteiger partial charge in [0.1, 0.15) is 0 Å². The molecule has 1 aliphatic heterocycles. The molecule has 6 heteroatoms. The Kier molecular flexibility index (Phi) is 4.62. The zero-order valence-corrected chi connectivity index (χ0v) is 13.6. The van der Waals surface area contributed by atoms with Crippen LogP contribution in [0.3, 0.4) is 0 Å². The Morgan fingerprint density at radius 2 is 1.40 bits per heavy atom. The van der Waals surface area contributed by atoms with Gasteiger partial charge in [0, 0.05) is 18.6 Å². The third-order valence-corrected chi connectivity index (χ3v) is 4.15. The summed E-state index contributed by atoms with van der Waals surface area (Å²) in [6, 6.07) is 23.8. The zero-order chi connectivity index (χ0) is 18.0. The average molecular weight is 345 g/mol. The summed E-state index contributed by atoms with van der Waals surface area (Å²) >= 11 is 0. The fourth-order valence-electron chi connectivity index (χ4n) is 3.14. The minimum absolute atomic E-state index is 0.931. The molecule has 3 aromatic carbocycles. The highest BCUT2D eigenvalue weighted by atomic mass is 19.5. The van der Waals surface area contributed by atoms with Gasteiger partial charge in [-0.2, -0.15) is 4.58 Å². The van der Waals surface area contributed by atoms with Crippen molar-refractivity contribution < 1.29 is 21.8 Å². The minimum Gasteiger partial charge on any atom is -0.418 e. The monoisotopic (exact) mass is 345 g/mol. The van der Waals surface area contributed by atoms with Crippen LogP contribution in [0.25, 0.3) is 10.8 Å². The first-order valence-electron chi connectivity index (χ1n) is 7.89. The standard InChI is InChI=1S/C19H16N.BF4/c1-14-17-11-5-9-16-10-6-12-18(19(16)17)20(14)13-15-7-3-2-4-8-15;2-1(3,4)5/h2-12H,13H2,1H3;/q+1;-1. The van der Waals surface area contributed by atoms with Crippen LogP contribution in [0.5, 0.6) is 0 Å². The Hall–Kier alpha value is -2.63. The predicted octanol–water partition coefficient (Wildman–Crippen LogP) is 5.81. The number of nitrogens with zero attached hydrogens (tertiary/aromatic N) is 1. The van der Waals surface area contributed by atoms with Crippen LogP contribution in [-0.2, 0) is 6.54 Å². The van der Waals surface area contributed by atoms with Gasteiger partial charge in [0.05, 0.1) is 10.9 Å². The summed E-state index contributed by atoms with van der Waals surface area (Å²) in [6.07, 6.45) is 0. The van der Waals surface area contributed by atoms with E-state index in [9.17, 15) is 17.3 Å². The predicted molar refractivity (Wildman–Crippen MR) is 94.0 cm³/mol. The number of halogens is 4. The van der Waals surface area contributed by atoms with E-state index in [2.05, 4.69) is 78.2 Å². The Morgan fingerprint density at radius 1 is 0.800 bits per heavy atom. The molecule has 0 spiro atoms. The van der Waals surface area contributed by atoms with Crippen molar-refractivity contribution in [2.24, 2.45) is 0 Å². The smallest absolute Gasteiger partial charge is 0.418 e. The molecular weight excluding hydrogens is 329 g/mol. The SMILES string of the molecule is CC1=[N+](Cc2ccccc2)c2cccc3cccc1c23.F[B-](F)(F)F. The van der Waals surface area contributed by atoms with Crippen molar-refractivity contribution >= 4 is 29.4 Å². The summed E-state index contributed by atoms with van der Waals surface area (Å²) in [5.41, 5.74) is 5.39. The molecular formula is C19H16BF4N. The molecule has 0 atom stereocenters. The molecule has 1 nitrogen and oxygen atoms in total. The maximum Gasteiger partial charge on any atom is 0.673 e. The molecule has 0 radical (unpaired) electrons. The van der Waals surface area contributed by atoms with Gasteiger partial charge in [-0.1, -0.05) is 54.6 Å². The largest absolute Gasteiger partial charge is 0.673 e. The lowest BCUT2D eigenvalue weighted by atomic mass is 10.0. The molecule has 25 heavy (non-hydrogen) atoms. The van der Waals surface area contributed by atoms with E-state index < -0.39 is 7.25 Å². The number of benzene rings is 3. The van der Waals surface area contributed by atoms with Gasteiger partial charge in [0.2, 0.25) is 5.69 Å². The van der Waals surface area contributed by atoms with Crippen LogP contribution in [0.2, 0.25) is 0 Å². The lowest BCUT2D eigenvalue weighted by Crippen LogP contribution is -2.10. The van der Waals surface area contributed by atoms with Crippen LogP contribution in [0, 0.1) is 0 Å². The lowest BCUT2D eigenvalue weighted by Gasteiger charge is -2.02. The summed E-state index contributed by atoms with van der Waals surface area (Å²) in [5, 5.41) is 2.72. The number of hydrogen-bond acceptors (Lipinski definition) is 0. The van der Waals surface area contributed by atoms with E-state index in [1.165, 1.54) is 33.3 Å². The molecule has 1 aliphatic rings. The van der Waals surface area contributed by atoms with E-state index in [-0.39, 0.29) is 0 Å². The quantitative estimate of drug-likeness (QED) is 0.313. The molecule has 0 N–H and O–H groups in total. The fourth-order valence-corrected chi connectivity index (χ4v) is 3.14. The van der Waals surface area contributed by atoms with Crippen molar-refractivity contribution in [2.45, 2.75) is 13.5 Å². The second-order valence-corrected chi connectivity index (χ2v) is 5.83. The highest BCUT2D eigenvalue weighted by Gasteiger charge is 2.28. The second-order valence-electron chi connectivity index (χ2n) is 5.83. The van der Waals surface area contributed by atoms with Gasteiger partial charge in [0.15, 0.2) is 12.3 Å². The molecule has 0 saturated carbocycles. The summed E-state index contributed by atoms with van der Waals surface area (Å²) in [6.45, 7) is 3.15. The number of rotatable bonds is 2. The maximum absolute atomic E-state index is 9.75. The van der Waals surface area contributed by atoms with Crippen molar-refractivity contribution in [1.29, 1.82) is 0 Å². The van der Waals surface area contributed by atoms with Gasteiger partial charge in [-0.3, -0.25) is 0 Å². The highest BCUT2D eigenvalue weighted by molar-refractivity contribution is 6.50. The third kappa shape index (κ3) is 3.90.